The number of hydrazone groups is 2. The van der Waals surface area contributed by atoms with Crippen molar-refractivity contribution in [3.05, 3.63) is 46.3 Å². The lowest BCUT2D eigenvalue weighted by Crippen LogP contribution is -2.28. The average molecular weight is 324 g/mol. The molecule has 0 aromatic heterocycles. The Labute approximate surface area is 131 Å². The molecular formula is C13H14ClN5O3. The Morgan fingerprint density at radius 3 is 2.73 bits per heavy atom. The quantitative estimate of drug-likeness (QED) is 0.186. The van der Waals surface area contributed by atoms with Gasteiger partial charge < -0.3 is 21.1 Å². The molecule has 1 aliphatic rings. The minimum Gasteiger partial charge on any atom is -0.462 e. The topological polar surface area (TPSA) is 124 Å². The van der Waals surface area contributed by atoms with Gasteiger partial charge in [-0.3, -0.25) is 0 Å². The van der Waals surface area contributed by atoms with E-state index >= 15 is 0 Å². The van der Waals surface area contributed by atoms with Crippen LogP contribution in [0, 0.1) is 0 Å². The van der Waals surface area contributed by atoms with Crippen LogP contribution in [0.25, 0.3) is 0 Å². The molecule has 0 amide bonds. The monoisotopic (exact) mass is 323 g/mol. The van der Waals surface area contributed by atoms with Gasteiger partial charge in [-0.15, -0.1) is 5.10 Å². The number of hydrogen-bond donors (Lipinski definition) is 3. The summed E-state index contributed by atoms with van der Waals surface area (Å²) < 4.78 is 10.4. The summed E-state index contributed by atoms with van der Waals surface area (Å²) >= 11 is 5.82. The van der Waals surface area contributed by atoms with Gasteiger partial charge in [0.25, 0.3) is 0 Å². The Bertz CT molecular complexity index is 667. The van der Waals surface area contributed by atoms with Gasteiger partial charge in [-0.1, -0.05) is 11.6 Å². The molecular weight excluding hydrogens is 310 g/mol. The third-order valence-electron chi connectivity index (χ3n) is 2.65. The Balaban J connectivity index is 2.29. The molecule has 0 unspecified atom stereocenters. The Hall–Kier alpha value is -2.74. The van der Waals surface area contributed by atoms with Crippen molar-refractivity contribution >= 4 is 29.3 Å². The Morgan fingerprint density at radius 2 is 2.14 bits per heavy atom. The fourth-order valence-corrected chi connectivity index (χ4v) is 1.77. The average Bonchev–Trinajstić information content (AvgIpc) is 2.97. The molecule has 22 heavy (non-hydrogen) atoms. The summed E-state index contributed by atoms with van der Waals surface area (Å²) in [5, 5.41) is 7.86. The first-order valence-corrected chi connectivity index (χ1v) is 6.67. The zero-order valence-corrected chi connectivity index (χ0v) is 12.4. The highest BCUT2D eigenvalue weighted by Crippen LogP contribution is 2.17. The molecule has 2 rings (SSSR count). The zero-order chi connectivity index (χ0) is 16.1. The van der Waals surface area contributed by atoms with E-state index in [1.807, 2.05) is 0 Å². The molecule has 0 fully saturated rings. The fraction of sp³-hybridized carbons (Fsp3) is 0.154. The molecule has 0 bridgehead atoms. The van der Waals surface area contributed by atoms with E-state index < -0.39 is 5.97 Å². The van der Waals surface area contributed by atoms with Gasteiger partial charge in [0.15, 0.2) is 11.4 Å². The van der Waals surface area contributed by atoms with Gasteiger partial charge in [0, 0.05) is 10.6 Å². The Morgan fingerprint density at radius 1 is 1.45 bits per heavy atom. The van der Waals surface area contributed by atoms with Crippen LogP contribution in [0.3, 0.4) is 0 Å². The minimum atomic E-state index is -0.718. The van der Waals surface area contributed by atoms with E-state index in [0.29, 0.717) is 10.6 Å². The van der Waals surface area contributed by atoms with Crippen LogP contribution in [0.5, 0.6) is 0 Å². The number of nitrogens with two attached hydrogens (primary N) is 2. The highest BCUT2D eigenvalue weighted by Gasteiger charge is 2.27. The van der Waals surface area contributed by atoms with Gasteiger partial charge in [-0.2, -0.15) is 5.10 Å². The van der Waals surface area contributed by atoms with Crippen LogP contribution in [0.15, 0.2) is 45.9 Å². The number of esters is 1. The van der Waals surface area contributed by atoms with Crippen LogP contribution in [0.1, 0.15) is 12.5 Å². The number of benzene rings is 1. The standard InChI is InChI=1S/C13H14ClN5O3/c1-2-21-13(20)9(10(15)17-16)12-19-18-11(22-12)7-3-5-8(14)6-4-7/h3-6,19H,2,16H2,1H3,(H2,15,17)/b12-9-. The van der Waals surface area contributed by atoms with Gasteiger partial charge in [0.05, 0.1) is 6.61 Å². The lowest BCUT2D eigenvalue weighted by Gasteiger charge is -2.08. The highest BCUT2D eigenvalue weighted by molar-refractivity contribution is 6.30. The van der Waals surface area contributed by atoms with Gasteiger partial charge in [-0.05, 0) is 31.2 Å². The maximum absolute atomic E-state index is 11.9. The first kappa shape index (κ1) is 15.6. The number of carbonyl (C=O) groups is 1. The number of ether oxygens (including phenoxy) is 2. The van der Waals surface area contributed by atoms with Gasteiger partial charge in [0.2, 0.25) is 11.8 Å². The molecule has 9 heteroatoms. The molecule has 1 heterocycles. The van der Waals surface area contributed by atoms with E-state index in [0.717, 1.165) is 0 Å². The Kier molecular flexibility index (Phi) is 4.84. The number of amidine groups is 1. The second kappa shape index (κ2) is 6.81. The number of halogens is 1. The second-order valence-corrected chi connectivity index (χ2v) is 4.51. The number of carbonyl (C=O) groups excluding carboxylic acids is 1. The summed E-state index contributed by atoms with van der Waals surface area (Å²) in [5.74, 6) is 4.42. The van der Waals surface area contributed by atoms with Crippen LogP contribution in [0.4, 0.5) is 0 Å². The molecule has 116 valence electrons. The number of rotatable bonds is 4. The predicted octanol–water partition coefficient (Wildman–Crippen LogP) is 0.627. The number of nitrogens with zero attached hydrogens (tertiary/aromatic N) is 2. The molecule has 0 saturated heterocycles. The molecule has 1 aromatic carbocycles. The lowest BCUT2D eigenvalue weighted by molar-refractivity contribution is -0.138. The van der Waals surface area contributed by atoms with Crippen LogP contribution >= 0.6 is 11.6 Å². The van der Waals surface area contributed by atoms with Crippen molar-refractivity contribution in [1.29, 1.82) is 0 Å². The largest absolute Gasteiger partial charge is 0.462 e. The molecule has 5 N–H and O–H groups in total. The van der Waals surface area contributed by atoms with Crippen LogP contribution in [0.2, 0.25) is 5.02 Å². The van der Waals surface area contributed by atoms with Crippen molar-refractivity contribution in [3.63, 3.8) is 0 Å². The fourth-order valence-electron chi connectivity index (χ4n) is 1.65. The van der Waals surface area contributed by atoms with Crippen LogP contribution in [-0.2, 0) is 14.3 Å². The molecule has 0 radical (unpaired) electrons. The maximum atomic E-state index is 11.9. The molecule has 1 aromatic rings. The summed E-state index contributed by atoms with van der Waals surface area (Å²) in [6.45, 7) is 1.83. The summed E-state index contributed by atoms with van der Waals surface area (Å²) in [6.07, 6.45) is 0. The van der Waals surface area contributed by atoms with E-state index in [2.05, 4.69) is 15.6 Å². The first-order valence-electron chi connectivity index (χ1n) is 6.29. The van der Waals surface area contributed by atoms with Crippen molar-refractivity contribution in [1.82, 2.24) is 5.43 Å². The van der Waals surface area contributed by atoms with Crippen molar-refractivity contribution in [3.8, 4) is 0 Å². The van der Waals surface area contributed by atoms with Crippen LogP contribution in [-0.4, -0.2) is 24.3 Å². The van der Waals surface area contributed by atoms with Crippen molar-refractivity contribution in [2.45, 2.75) is 6.92 Å². The lowest BCUT2D eigenvalue weighted by atomic mass is 10.2. The first-order chi connectivity index (χ1) is 10.6. The van der Waals surface area contributed by atoms with E-state index in [-0.39, 0.29) is 29.8 Å². The van der Waals surface area contributed by atoms with E-state index in [4.69, 9.17) is 32.7 Å². The second-order valence-electron chi connectivity index (χ2n) is 4.08. The normalized spacial score (nSPS) is 16.5. The maximum Gasteiger partial charge on any atom is 0.347 e. The summed E-state index contributed by atoms with van der Waals surface area (Å²) in [6, 6.07) is 6.81. The third-order valence-corrected chi connectivity index (χ3v) is 2.90. The smallest absolute Gasteiger partial charge is 0.347 e. The van der Waals surface area contributed by atoms with E-state index in [1.54, 1.807) is 31.2 Å². The van der Waals surface area contributed by atoms with E-state index in [1.165, 1.54) is 0 Å². The van der Waals surface area contributed by atoms with Crippen molar-refractivity contribution in [2.75, 3.05) is 6.61 Å². The van der Waals surface area contributed by atoms with E-state index in [9.17, 15) is 4.79 Å². The molecule has 0 aliphatic carbocycles. The number of nitrogens with one attached hydrogen (secondary N) is 1. The van der Waals surface area contributed by atoms with Gasteiger partial charge in [-0.25, -0.2) is 10.2 Å². The van der Waals surface area contributed by atoms with Crippen molar-refractivity contribution < 1.29 is 14.3 Å². The minimum absolute atomic E-state index is 0.00454. The third kappa shape index (κ3) is 3.29. The molecule has 0 saturated carbocycles. The summed E-state index contributed by atoms with van der Waals surface area (Å²) in [4.78, 5) is 11.9. The van der Waals surface area contributed by atoms with Crippen molar-refractivity contribution in [2.24, 2.45) is 21.8 Å². The zero-order valence-electron chi connectivity index (χ0n) is 11.7. The SMILES string of the molecule is CCOC(=O)C(/C(N)=N/N)=C1/NN=C(c2ccc(Cl)cc2)O1. The van der Waals surface area contributed by atoms with Gasteiger partial charge in [0.1, 0.15) is 0 Å². The molecule has 1 aliphatic heterocycles. The summed E-state index contributed by atoms with van der Waals surface area (Å²) in [5.41, 5.74) is 8.72. The summed E-state index contributed by atoms with van der Waals surface area (Å²) in [7, 11) is 0. The van der Waals surface area contributed by atoms with Crippen LogP contribution < -0.4 is 17.0 Å². The molecule has 0 atom stereocenters. The molecule has 0 spiro atoms. The molecule has 8 nitrogen and oxygen atoms in total. The predicted molar refractivity (Wildman–Crippen MR) is 81.7 cm³/mol. The van der Waals surface area contributed by atoms with Gasteiger partial charge >= 0.3 is 5.97 Å². The highest BCUT2D eigenvalue weighted by atomic mass is 35.5. The number of hydrogen-bond acceptors (Lipinski definition) is 7.